The molecule has 3 heteroatoms. The van der Waals surface area contributed by atoms with E-state index < -0.39 is 0 Å². The molecular formula is C10H16N2S. The molecule has 0 fully saturated rings. The highest BCUT2D eigenvalue weighted by Gasteiger charge is 2.06. The zero-order valence-corrected chi connectivity index (χ0v) is 9.19. The van der Waals surface area contributed by atoms with Crippen molar-refractivity contribution in [3.8, 4) is 0 Å². The smallest absolute Gasteiger partial charge is 0.109 e. The van der Waals surface area contributed by atoms with E-state index in [2.05, 4.69) is 30.2 Å². The van der Waals surface area contributed by atoms with Gasteiger partial charge in [-0.25, -0.2) is 4.98 Å². The first kappa shape index (κ1) is 10.4. The molecule has 0 aromatic carbocycles. The molecule has 1 N–H and O–H groups in total. The van der Waals surface area contributed by atoms with Gasteiger partial charge in [-0.3, -0.25) is 0 Å². The van der Waals surface area contributed by atoms with Crippen LogP contribution in [0.5, 0.6) is 0 Å². The Hall–Kier alpha value is -0.670. The molecule has 1 unspecified atom stereocenters. The third kappa shape index (κ3) is 3.28. The Balaban J connectivity index is 2.43. The maximum absolute atomic E-state index is 4.33. The molecule has 0 saturated carbocycles. The summed E-state index contributed by atoms with van der Waals surface area (Å²) < 4.78 is 0. The molecular weight excluding hydrogens is 180 g/mol. The predicted molar refractivity (Wildman–Crippen MR) is 58.1 cm³/mol. The molecule has 13 heavy (non-hydrogen) atoms. The first-order valence-electron chi connectivity index (χ1n) is 4.51. The van der Waals surface area contributed by atoms with Gasteiger partial charge >= 0.3 is 0 Å². The van der Waals surface area contributed by atoms with Crippen molar-refractivity contribution in [2.45, 2.75) is 26.8 Å². The Morgan fingerprint density at radius 1 is 1.69 bits per heavy atom. The summed E-state index contributed by atoms with van der Waals surface area (Å²) >= 11 is 1.76. The predicted octanol–water partition coefficient (Wildman–Crippen LogP) is 2.68. The van der Waals surface area contributed by atoms with Crippen LogP contribution in [0.2, 0.25) is 0 Å². The van der Waals surface area contributed by atoms with Gasteiger partial charge in [-0.15, -0.1) is 11.3 Å². The molecule has 0 aliphatic heterocycles. The Morgan fingerprint density at radius 3 is 3.00 bits per heavy atom. The van der Waals surface area contributed by atoms with Gasteiger partial charge in [0.2, 0.25) is 0 Å². The van der Waals surface area contributed by atoms with Crippen LogP contribution in [0.25, 0.3) is 0 Å². The number of allylic oxidation sites excluding steroid dienone is 1. The lowest BCUT2D eigenvalue weighted by molar-refractivity contribution is 0.613. The van der Waals surface area contributed by atoms with Crippen molar-refractivity contribution in [1.82, 2.24) is 10.3 Å². The van der Waals surface area contributed by atoms with Crippen LogP contribution in [-0.4, -0.2) is 11.5 Å². The van der Waals surface area contributed by atoms with Crippen molar-refractivity contribution < 1.29 is 0 Å². The number of hydrogen-bond acceptors (Lipinski definition) is 3. The Bertz CT molecular complexity index is 278. The summed E-state index contributed by atoms with van der Waals surface area (Å²) in [7, 11) is 0. The lowest BCUT2D eigenvalue weighted by Gasteiger charge is -2.07. The van der Waals surface area contributed by atoms with Crippen molar-refractivity contribution in [2.24, 2.45) is 0 Å². The number of rotatable bonds is 4. The van der Waals surface area contributed by atoms with E-state index in [4.69, 9.17) is 0 Å². The van der Waals surface area contributed by atoms with E-state index in [0.29, 0.717) is 6.04 Å². The summed E-state index contributed by atoms with van der Waals surface area (Å²) in [6, 6.07) is 0.356. The van der Waals surface area contributed by atoms with Crippen LogP contribution in [0.1, 0.15) is 29.8 Å². The van der Waals surface area contributed by atoms with E-state index in [1.54, 1.807) is 11.3 Å². The van der Waals surface area contributed by atoms with Gasteiger partial charge in [-0.05, 0) is 20.8 Å². The summed E-state index contributed by atoms with van der Waals surface area (Å²) in [5, 5.41) is 4.54. The van der Waals surface area contributed by atoms with Crippen molar-refractivity contribution in [2.75, 3.05) is 6.54 Å². The number of aryl methyl sites for hydroxylation is 1. The number of nitrogens with one attached hydrogen (secondary N) is 1. The normalized spacial score (nSPS) is 13.8. The summed E-state index contributed by atoms with van der Waals surface area (Å²) in [6.45, 7) is 7.16. The molecule has 0 aliphatic carbocycles. The van der Waals surface area contributed by atoms with E-state index in [-0.39, 0.29) is 0 Å². The topological polar surface area (TPSA) is 24.9 Å². The first-order valence-corrected chi connectivity index (χ1v) is 5.32. The molecule has 0 aliphatic rings. The Morgan fingerprint density at radius 2 is 2.46 bits per heavy atom. The molecule has 72 valence electrons. The van der Waals surface area contributed by atoms with Crippen LogP contribution in [0.3, 0.4) is 0 Å². The Labute approximate surface area is 83.7 Å². The van der Waals surface area contributed by atoms with Crippen molar-refractivity contribution in [3.63, 3.8) is 0 Å². The summed E-state index contributed by atoms with van der Waals surface area (Å²) in [6.07, 6.45) is 6.08. The molecule has 0 spiro atoms. The molecule has 1 rings (SSSR count). The number of hydrogen-bond donors (Lipinski definition) is 1. The van der Waals surface area contributed by atoms with Gasteiger partial charge in [0.25, 0.3) is 0 Å². The zero-order chi connectivity index (χ0) is 9.68. The first-order chi connectivity index (χ1) is 6.24. The molecule has 2 nitrogen and oxygen atoms in total. The Kier molecular flexibility index (Phi) is 4.12. The van der Waals surface area contributed by atoms with Gasteiger partial charge in [0.1, 0.15) is 5.01 Å². The van der Waals surface area contributed by atoms with E-state index in [1.165, 1.54) is 9.88 Å². The van der Waals surface area contributed by atoms with Gasteiger partial charge in [0.05, 0.1) is 6.04 Å². The van der Waals surface area contributed by atoms with Gasteiger partial charge < -0.3 is 5.32 Å². The molecule has 0 saturated heterocycles. The molecule has 0 amide bonds. The third-order valence-corrected chi connectivity index (χ3v) is 2.88. The van der Waals surface area contributed by atoms with E-state index >= 15 is 0 Å². The van der Waals surface area contributed by atoms with Crippen molar-refractivity contribution in [3.05, 3.63) is 28.2 Å². The number of nitrogens with zero attached hydrogens (tertiary/aromatic N) is 1. The minimum absolute atomic E-state index is 0.356. The maximum atomic E-state index is 4.33. The van der Waals surface area contributed by atoms with Crippen LogP contribution in [-0.2, 0) is 0 Å². The van der Waals surface area contributed by atoms with Gasteiger partial charge in [-0.2, -0.15) is 0 Å². The van der Waals surface area contributed by atoms with Crippen LogP contribution in [0.15, 0.2) is 18.3 Å². The van der Waals surface area contributed by atoms with Crippen molar-refractivity contribution in [1.29, 1.82) is 0 Å². The van der Waals surface area contributed by atoms with Crippen LogP contribution < -0.4 is 5.32 Å². The average molecular weight is 196 g/mol. The van der Waals surface area contributed by atoms with E-state index in [9.17, 15) is 0 Å². The second kappa shape index (κ2) is 5.14. The SMILES string of the molecule is C/C=C/CNC(C)c1ncc(C)s1. The van der Waals surface area contributed by atoms with Crippen LogP contribution >= 0.6 is 11.3 Å². The number of aromatic nitrogens is 1. The fourth-order valence-corrected chi connectivity index (χ4v) is 1.82. The fraction of sp³-hybridized carbons (Fsp3) is 0.500. The van der Waals surface area contributed by atoms with E-state index in [0.717, 1.165) is 6.54 Å². The second-order valence-electron chi connectivity index (χ2n) is 3.01. The molecule has 1 atom stereocenters. The van der Waals surface area contributed by atoms with Crippen LogP contribution in [0.4, 0.5) is 0 Å². The third-order valence-electron chi connectivity index (χ3n) is 1.79. The minimum Gasteiger partial charge on any atom is -0.305 e. The lowest BCUT2D eigenvalue weighted by Crippen LogP contribution is -2.18. The lowest BCUT2D eigenvalue weighted by atomic mass is 10.3. The quantitative estimate of drug-likeness (QED) is 0.749. The zero-order valence-electron chi connectivity index (χ0n) is 8.37. The van der Waals surface area contributed by atoms with Crippen molar-refractivity contribution >= 4 is 11.3 Å². The fourth-order valence-electron chi connectivity index (χ4n) is 1.02. The summed E-state index contributed by atoms with van der Waals surface area (Å²) in [5.74, 6) is 0. The second-order valence-corrected chi connectivity index (χ2v) is 4.27. The summed E-state index contributed by atoms with van der Waals surface area (Å²) in [5.41, 5.74) is 0. The molecule has 1 aromatic rings. The summed E-state index contributed by atoms with van der Waals surface area (Å²) in [4.78, 5) is 5.60. The molecule has 1 heterocycles. The standard InChI is InChI=1S/C10H16N2S/c1-4-5-6-11-9(3)10-12-7-8(2)13-10/h4-5,7,9,11H,6H2,1-3H3/b5-4+. The maximum Gasteiger partial charge on any atom is 0.109 e. The van der Waals surface area contributed by atoms with Gasteiger partial charge in [0.15, 0.2) is 0 Å². The highest BCUT2D eigenvalue weighted by atomic mass is 32.1. The highest BCUT2D eigenvalue weighted by Crippen LogP contribution is 2.18. The molecule has 1 aromatic heterocycles. The van der Waals surface area contributed by atoms with Gasteiger partial charge in [-0.1, -0.05) is 12.2 Å². The van der Waals surface area contributed by atoms with Gasteiger partial charge in [0, 0.05) is 17.6 Å². The molecule has 0 bridgehead atoms. The highest BCUT2D eigenvalue weighted by molar-refractivity contribution is 7.11. The largest absolute Gasteiger partial charge is 0.305 e. The minimum atomic E-state index is 0.356. The molecule has 0 radical (unpaired) electrons. The monoisotopic (exact) mass is 196 g/mol. The number of thiazole rings is 1. The van der Waals surface area contributed by atoms with E-state index in [1.807, 2.05) is 19.2 Å². The van der Waals surface area contributed by atoms with Crippen LogP contribution in [0, 0.1) is 6.92 Å². The average Bonchev–Trinajstić information content (AvgIpc) is 2.52.